The Balaban J connectivity index is 1.53. The van der Waals surface area contributed by atoms with Crippen LogP contribution in [-0.4, -0.2) is 33.6 Å². The third kappa shape index (κ3) is 5.92. The van der Waals surface area contributed by atoms with E-state index in [1.807, 2.05) is 24.7 Å². The Morgan fingerprint density at radius 1 is 1.19 bits per heavy atom. The first-order chi connectivity index (χ1) is 13.2. The summed E-state index contributed by atoms with van der Waals surface area (Å²) < 4.78 is 2.19. The molecule has 0 amide bonds. The normalized spacial score (nSPS) is 11.6. The summed E-state index contributed by atoms with van der Waals surface area (Å²) in [5, 5.41) is 7.70. The molecular formula is C20H26N6S. The second-order valence-corrected chi connectivity index (χ2v) is 7.51. The molecule has 0 fully saturated rings. The molecule has 0 aliphatic rings. The lowest BCUT2D eigenvalue weighted by Crippen LogP contribution is -2.38. The van der Waals surface area contributed by atoms with Crippen LogP contribution in [0.3, 0.4) is 0 Å². The van der Waals surface area contributed by atoms with Gasteiger partial charge in [0.25, 0.3) is 0 Å². The lowest BCUT2D eigenvalue weighted by atomic mass is 10.2. The highest BCUT2D eigenvalue weighted by Gasteiger charge is 2.05. The van der Waals surface area contributed by atoms with E-state index < -0.39 is 0 Å². The summed E-state index contributed by atoms with van der Waals surface area (Å²) in [5.41, 5.74) is 1.28. The fraction of sp³-hybridized carbons (Fsp3) is 0.350. The smallest absolute Gasteiger partial charge is 0.191 e. The van der Waals surface area contributed by atoms with Crippen LogP contribution in [-0.2, 0) is 19.5 Å². The molecule has 3 rings (SSSR count). The van der Waals surface area contributed by atoms with Crippen LogP contribution in [0.2, 0.25) is 0 Å². The fourth-order valence-electron chi connectivity index (χ4n) is 2.75. The molecule has 0 aliphatic heterocycles. The molecule has 0 spiro atoms. The molecular weight excluding hydrogens is 356 g/mol. The molecule has 2 aromatic heterocycles. The van der Waals surface area contributed by atoms with Crippen molar-refractivity contribution < 1.29 is 0 Å². The maximum atomic E-state index is 4.62. The van der Waals surface area contributed by atoms with Crippen molar-refractivity contribution in [3.05, 3.63) is 70.2 Å². The van der Waals surface area contributed by atoms with Crippen molar-refractivity contribution in [3.8, 4) is 0 Å². The van der Waals surface area contributed by atoms with Gasteiger partial charge in [-0.15, -0.1) is 11.3 Å². The van der Waals surface area contributed by atoms with Gasteiger partial charge in [-0.3, -0.25) is 0 Å². The van der Waals surface area contributed by atoms with Crippen LogP contribution >= 0.6 is 11.3 Å². The third-order valence-corrected chi connectivity index (χ3v) is 4.92. The van der Waals surface area contributed by atoms with Crippen LogP contribution in [0, 0.1) is 6.92 Å². The summed E-state index contributed by atoms with van der Waals surface area (Å²) >= 11 is 1.69. The van der Waals surface area contributed by atoms with Crippen molar-refractivity contribution in [1.82, 2.24) is 25.2 Å². The van der Waals surface area contributed by atoms with Crippen molar-refractivity contribution in [2.75, 3.05) is 13.1 Å². The van der Waals surface area contributed by atoms with Gasteiger partial charge in [-0.05, 0) is 19.4 Å². The largest absolute Gasteiger partial charge is 0.357 e. The first-order valence-corrected chi connectivity index (χ1v) is 10.0. The highest BCUT2D eigenvalue weighted by Crippen LogP contribution is 2.11. The van der Waals surface area contributed by atoms with E-state index in [0.29, 0.717) is 6.54 Å². The number of nitrogens with zero attached hydrogens (tertiary/aromatic N) is 4. The monoisotopic (exact) mass is 382 g/mol. The number of thiazole rings is 1. The SMILES string of the molecule is CCNC(=NCc1ncc(C)s1)NCCc1nccn1Cc1ccccc1. The van der Waals surface area contributed by atoms with E-state index >= 15 is 0 Å². The third-order valence-electron chi connectivity index (χ3n) is 4.02. The number of imidazole rings is 1. The van der Waals surface area contributed by atoms with Crippen LogP contribution in [0.5, 0.6) is 0 Å². The van der Waals surface area contributed by atoms with Gasteiger partial charge in [-0.1, -0.05) is 30.3 Å². The van der Waals surface area contributed by atoms with Crippen LogP contribution in [0.15, 0.2) is 53.9 Å². The highest BCUT2D eigenvalue weighted by atomic mass is 32.1. The van der Waals surface area contributed by atoms with E-state index in [0.717, 1.165) is 42.8 Å². The van der Waals surface area contributed by atoms with Gasteiger partial charge in [-0.25, -0.2) is 15.0 Å². The summed E-state index contributed by atoms with van der Waals surface area (Å²) in [4.78, 5) is 14.7. The number of aliphatic imine (C=N–C) groups is 1. The Hall–Kier alpha value is -2.67. The van der Waals surface area contributed by atoms with Crippen LogP contribution < -0.4 is 10.6 Å². The second kappa shape index (κ2) is 9.87. The molecule has 0 atom stereocenters. The average molecular weight is 383 g/mol. The van der Waals surface area contributed by atoms with E-state index in [1.165, 1.54) is 10.4 Å². The van der Waals surface area contributed by atoms with Crippen molar-refractivity contribution in [2.45, 2.75) is 33.4 Å². The van der Waals surface area contributed by atoms with Gasteiger partial charge < -0.3 is 15.2 Å². The number of aromatic nitrogens is 3. The molecule has 0 bridgehead atoms. The first kappa shape index (κ1) is 19.1. The standard InChI is InChI=1S/C20H26N6S/c1-3-21-20(25-14-19-24-13-16(2)27-19)23-10-9-18-22-11-12-26(18)15-17-7-5-4-6-8-17/h4-8,11-13H,3,9-10,14-15H2,1-2H3,(H2,21,23,25). The Kier molecular flexibility index (Phi) is 6.98. The quantitative estimate of drug-likeness (QED) is 0.464. The number of guanidine groups is 1. The Morgan fingerprint density at radius 2 is 2.04 bits per heavy atom. The zero-order valence-electron chi connectivity index (χ0n) is 15.9. The molecule has 27 heavy (non-hydrogen) atoms. The Bertz CT molecular complexity index is 852. The fourth-order valence-corrected chi connectivity index (χ4v) is 3.46. The van der Waals surface area contributed by atoms with Gasteiger partial charge in [0.1, 0.15) is 10.8 Å². The summed E-state index contributed by atoms with van der Waals surface area (Å²) in [5.74, 6) is 1.88. The molecule has 6 nitrogen and oxygen atoms in total. The van der Waals surface area contributed by atoms with Crippen LogP contribution in [0.25, 0.3) is 0 Å². The van der Waals surface area contributed by atoms with Gasteiger partial charge in [0.2, 0.25) is 0 Å². The number of hydrogen-bond acceptors (Lipinski definition) is 4. The molecule has 142 valence electrons. The van der Waals surface area contributed by atoms with Gasteiger partial charge in [0, 0.05) is 49.5 Å². The van der Waals surface area contributed by atoms with Crippen molar-refractivity contribution in [2.24, 2.45) is 4.99 Å². The molecule has 0 unspecified atom stereocenters. The predicted octanol–water partition coefficient (Wildman–Crippen LogP) is 2.99. The maximum Gasteiger partial charge on any atom is 0.191 e. The van der Waals surface area contributed by atoms with Gasteiger partial charge in [0.05, 0.1) is 6.54 Å². The number of benzene rings is 1. The molecule has 3 aromatic rings. The first-order valence-electron chi connectivity index (χ1n) is 9.22. The van der Waals surface area contributed by atoms with Gasteiger partial charge in [-0.2, -0.15) is 0 Å². The van der Waals surface area contributed by atoms with E-state index in [4.69, 9.17) is 0 Å². The predicted molar refractivity (Wildman–Crippen MR) is 111 cm³/mol. The van der Waals surface area contributed by atoms with Crippen molar-refractivity contribution >= 4 is 17.3 Å². The summed E-state index contributed by atoms with van der Waals surface area (Å²) in [6, 6.07) is 10.4. The molecule has 0 saturated carbocycles. The van der Waals surface area contributed by atoms with E-state index in [1.54, 1.807) is 11.3 Å². The van der Waals surface area contributed by atoms with E-state index in [-0.39, 0.29) is 0 Å². The average Bonchev–Trinajstić information content (AvgIpc) is 3.29. The second-order valence-electron chi connectivity index (χ2n) is 6.19. The summed E-state index contributed by atoms with van der Waals surface area (Å²) in [7, 11) is 0. The lowest BCUT2D eigenvalue weighted by molar-refractivity contribution is 0.694. The Morgan fingerprint density at radius 3 is 2.78 bits per heavy atom. The molecule has 1 aromatic carbocycles. The number of nitrogens with one attached hydrogen (secondary N) is 2. The molecule has 7 heteroatoms. The molecule has 0 radical (unpaired) electrons. The highest BCUT2D eigenvalue weighted by molar-refractivity contribution is 7.11. The topological polar surface area (TPSA) is 67.1 Å². The zero-order chi connectivity index (χ0) is 18.9. The van der Waals surface area contributed by atoms with E-state index in [9.17, 15) is 0 Å². The molecule has 0 aliphatic carbocycles. The minimum absolute atomic E-state index is 0.594. The Labute approximate surface area is 164 Å². The number of hydrogen-bond donors (Lipinski definition) is 2. The summed E-state index contributed by atoms with van der Waals surface area (Å²) in [6.45, 7) is 7.16. The maximum absolute atomic E-state index is 4.62. The van der Waals surface area contributed by atoms with Crippen molar-refractivity contribution in [3.63, 3.8) is 0 Å². The molecule has 2 N–H and O–H groups in total. The lowest BCUT2D eigenvalue weighted by Gasteiger charge is -2.12. The van der Waals surface area contributed by atoms with Gasteiger partial charge in [0.15, 0.2) is 5.96 Å². The number of aryl methyl sites for hydroxylation is 1. The van der Waals surface area contributed by atoms with Crippen molar-refractivity contribution in [1.29, 1.82) is 0 Å². The van der Waals surface area contributed by atoms with Crippen LogP contribution in [0.4, 0.5) is 0 Å². The molecule has 2 heterocycles. The minimum atomic E-state index is 0.594. The van der Waals surface area contributed by atoms with E-state index in [2.05, 4.69) is 68.3 Å². The molecule has 0 saturated heterocycles. The summed E-state index contributed by atoms with van der Waals surface area (Å²) in [6.07, 6.45) is 6.62. The minimum Gasteiger partial charge on any atom is -0.357 e. The van der Waals surface area contributed by atoms with Gasteiger partial charge >= 0.3 is 0 Å². The number of rotatable bonds is 8. The zero-order valence-corrected chi connectivity index (χ0v) is 16.7. The van der Waals surface area contributed by atoms with Crippen LogP contribution in [0.1, 0.15) is 28.2 Å².